The Morgan fingerprint density at radius 2 is 2.00 bits per heavy atom. The van der Waals surface area contributed by atoms with E-state index < -0.39 is 0 Å². The zero-order valence-corrected chi connectivity index (χ0v) is 13.3. The van der Waals surface area contributed by atoms with Gasteiger partial charge in [0.1, 0.15) is 11.5 Å². The summed E-state index contributed by atoms with van der Waals surface area (Å²) in [6.45, 7) is 2.64. The highest BCUT2D eigenvalue weighted by molar-refractivity contribution is 6.32. The quantitative estimate of drug-likeness (QED) is 0.848. The second kappa shape index (κ2) is 7.46. The first kappa shape index (κ1) is 15.8. The number of ether oxygens (including phenoxy) is 2. The molecule has 2 aromatic rings. The lowest BCUT2D eigenvalue weighted by Crippen LogP contribution is -2.12. The molecule has 1 unspecified atom stereocenters. The van der Waals surface area contributed by atoms with E-state index in [1.54, 1.807) is 7.11 Å². The van der Waals surface area contributed by atoms with Crippen LogP contribution in [0.3, 0.4) is 0 Å². The van der Waals surface area contributed by atoms with Crippen LogP contribution in [-0.2, 0) is 11.3 Å². The molecule has 0 aliphatic carbocycles. The van der Waals surface area contributed by atoms with Crippen molar-refractivity contribution in [3.05, 3.63) is 58.6 Å². The Morgan fingerprint density at radius 3 is 2.67 bits per heavy atom. The van der Waals surface area contributed by atoms with Crippen LogP contribution in [0.4, 0.5) is 0 Å². The maximum Gasteiger partial charge on any atom is 0.146 e. The predicted molar refractivity (Wildman–Crippen MR) is 86.2 cm³/mol. The topological polar surface area (TPSA) is 30.5 Å². The van der Waals surface area contributed by atoms with Crippen LogP contribution in [-0.4, -0.2) is 14.2 Å². The van der Waals surface area contributed by atoms with Gasteiger partial charge in [0, 0.05) is 13.2 Å². The molecule has 21 heavy (non-hydrogen) atoms. The molecule has 0 aromatic heterocycles. The van der Waals surface area contributed by atoms with Gasteiger partial charge in [0.25, 0.3) is 0 Å². The molecule has 3 nitrogen and oxygen atoms in total. The number of rotatable bonds is 6. The molecule has 0 radical (unpaired) electrons. The van der Waals surface area contributed by atoms with Crippen LogP contribution in [0.25, 0.3) is 0 Å². The Balaban J connectivity index is 2.18. The molecule has 0 aliphatic heterocycles. The average molecular weight is 306 g/mol. The Morgan fingerprint density at radius 1 is 1.19 bits per heavy atom. The van der Waals surface area contributed by atoms with E-state index in [-0.39, 0.29) is 6.04 Å². The Labute approximate surface area is 130 Å². The molecule has 0 heterocycles. The molecule has 2 rings (SSSR count). The number of nitrogens with one attached hydrogen (secondary N) is 1. The maximum absolute atomic E-state index is 6.30. The Bertz CT molecular complexity index is 601. The normalized spacial score (nSPS) is 12.2. The van der Waals surface area contributed by atoms with Crippen molar-refractivity contribution in [2.75, 3.05) is 14.2 Å². The zero-order valence-electron chi connectivity index (χ0n) is 12.5. The van der Waals surface area contributed by atoms with Crippen LogP contribution in [0, 0.1) is 0 Å². The predicted octanol–water partition coefficient (Wildman–Crippen LogP) is 4.56. The lowest BCUT2D eigenvalue weighted by atomic mass is 10.1. The molecule has 0 bridgehead atoms. The van der Waals surface area contributed by atoms with Gasteiger partial charge in [-0.2, -0.15) is 0 Å². The maximum atomic E-state index is 6.30. The van der Waals surface area contributed by atoms with E-state index in [1.807, 2.05) is 49.5 Å². The van der Waals surface area contributed by atoms with E-state index in [1.165, 1.54) is 0 Å². The van der Waals surface area contributed by atoms with Gasteiger partial charge in [0.05, 0.1) is 11.6 Å². The first-order valence-corrected chi connectivity index (χ1v) is 7.24. The molecule has 1 atom stereocenters. The van der Waals surface area contributed by atoms with Crippen molar-refractivity contribution in [1.82, 2.24) is 5.32 Å². The van der Waals surface area contributed by atoms with Gasteiger partial charge >= 0.3 is 0 Å². The monoisotopic (exact) mass is 305 g/mol. The van der Waals surface area contributed by atoms with Crippen molar-refractivity contribution in [3.8, 4) is 11.5 Å². The van der Waals surface area contributed by atoms with Crippen molar-refractivity contribution in [3.63, 3.8) is 0 Å². The summed E-state index contributed by atoms with van der Waals surface area (Å²) in [5.74, 6) is 1.40. The largest absolute Gasteiger partial charge is 0.456 e. The minimum Gasteiger partial charge on any atom is -0.456 e. The van der Waals surface area contributed by atoms with Gasteiger partial charge in [0.2, 0.25) is 0 Å². The highest BCUT2D eigenvalue weighted by Crippen LogP contribution is 2.32. The molecular weight excluding hydrogens is 286 g/mol. The number of hydrogen-bond acceptors (Lipinski definition) is 3. The molecule has 0 saturated carbocycles. The van der Waals surface area contributed by atoms with Gasteiger partial charge in [-0.25, -0.2) is 0 Å². The third-order valence-corrected chi connectivity index (χ3v) is 3.62. The molecule has 4 heteroatoms. The van der Waals surface area contributed by atoms with Crippen LogP contribution in [0.5, 0.6) is 11.5 Å². The summed E-state index contributed by atoms with van der Waals surface area (Å²) >= 11 is 6.30. The third kappa shape index (κ3) is 4.21. The fourth-order valence-electron chi connectivity index (χ4n) is 2.03. The molecular formula is C17H20ClNO2. The number of benzene rings is 2. The standard InChI is InChI=1S/C17H20ClNO2/c1-12(19-2)14-7-8-17(16(18)10-14)21-15-6-4-5-13(9-15)11-20-3/h4-10,12,19H,11H2,1-3H3. The summed E-state index contributed by atoms with van der Waals surface area (Å²) < 4.78 is 11.0. The third-order valence-electron chi connectivity index (χ3n) is 3.33. The van der Waals surface area contributed by atoms with Crippen molar-refractivity contribution in [2.24, 2.45) is 0 Å². The van der Waals surface area contributed by atoms with E-state index in [2.05, 4.69) is 12.2 Å². The van der Waals surface area contributed by atoms with Gasteiger partial charge in [0.15, 0.2) is 0 Å². The molecule has 0 fully saturated rings. The van der Waals surface area contributed by atoms with Crippen molar-refractivity contribution >= 4 is 11.6 Å². The number of methoxy groups -OCH3 is 1. The van der Waals surface area contributed by atoms with Gasteiger partial charge in [-0.3, -0.25) is 0 Å². The summed E-state index contributed by atoms with van der Waals surface area (Å²) in [5, 5.41) is 3.79. The van der Waals surface area contributed by atoms with Gasteiger partial charge in [-0.15, -0.1) is 0 Å². The smallest absolute Gasteiger partial charge is 0.146 e. The number of hydrogen-bond donors (Lipinski definition) is 1. The van der Waals surface area contributed by atoms with Crippen molar-refractivity contribution in [1.29, 1.82) is 0 Å². The van der Waals surface area contributed by atoms with Gasteiger partial charge < -0.3 is 14.8 Å². The molecule has 112 valence electrons. The molecule has 1 N–H and O–H groups in total. The molecule has 0 spiro atoms. The van der Waals surface area contributed by atoms with Crippen LogP contribution < -0.4 is 10.1 Å². The van der Waals surface area contributed by atoms with E-state index in [4.69, 9.17) is 21.1 Å². The highest BCUT2D eigenvalue weighted by atomic mass is 35.5. The Hall–Kier alpha value is -1.55. The first-order valence-electron chi connectivity index (χ1n) is 6.86. The summed E-state index contributed by atoms with van der Waals surface area (Å²) in [6, 6.07) is 13.9. The van der Waals surface area contributed by atoms with Gasteiger partial charge in [-0.1, -0.05) is 29.8 Å². The van der Waals surface area contributed by atoms with Crippen LogP contribution >= 0.6 is 11.6 Å². The van der Waals surface area contributed by atoms with Crippen molar-refractivity contribution in [2.45, 2.75) is 19.6 Å². The second-order valence-corrected chi connectivity index (χ2v) is 5.29. The first-order chi connectivity index (χ1) is 10.1. The average Bonchev–Trinajstić information content (AvgIpc) is 2.49. The van der Waals surface area contributed by atoms with E-state index >= 15 is 0 Å². The second-order valence-electron chi connectivity index (χ2n) is 4.88. The lowest BCUT2D eigenvalue weighted by molar-refractivity contribution is 0.184. The summed E-state index contributed by atoms with van der Waals surface area (Å²) in [7, 11) is 3.59. The van der Waals surface area contributed by atoms with E-state index in [0.29, 0.717) is 17.4 Å². The fraction of sp³-hybridized carbons (Fsp3) is 0.294. The van der Waals surface area contributed by atoms with E-state index in [0.717, 1.165) is 16.9 Å². The molecule has 0 aliphatic rings. The molecule has 0 amide bonds. The zero-order chi connectivity index (χ0) is 15.2. The van der Waals surface area contributed by atoms with Gasteiger partial charge in [-0.05, 0) is 49.4 Å². The van der Waals surface area contributed by atoms with Crippen LogP contribution in [0.1, 0.15) is 24.1 Å². The number of halogens is 1. The summed E-state index contributed by atoms with van der Waals surface area (Å²) in [6.07, 6.45) is 0. The van der Waals surface area contributed by atoms with Crippen LogP contribution in [0.15, 0.2) is 42.5 Å². The highest BCUT2D eigenvalue weighted by Gasteiger charge is 2.08. The lowest BCUT2D eigenvalue weighted by Gasteiger charge is -2.13. The van der Waals surface area contributed by atoms with Crippen LogP contribution in [0.2, 0.25) is 5.02 Å². The summed E-state index contributed by atoms with van der Waals surface area (Å²) in [5.41, 5.74) is 2.19. The molecule has 0 saturated heterocycles. The van der Waals surface area contributed by atoms with E-state index in [9.17, 15) is 0 Å². The minimum absolute atomic E-state index is 0.251. The SMILES string of the molecule is CNC(C)c1ccc(Oc2cccc(COC)c2)c(Cl)c1. The minimum atomic E-state index is 0.251. The fourth-order valence-corrected chi connectivity index (χ4v) is 2.26. The summed E-state index contributed by atoms with van der Waals surface area (Å²) in [4.78, 5) is 0. The Kier molecular flexibility index (Phi) is 5.62. The van der Waals surface area contributed by atoms with Crippen molar-refractivity contribution < 1.29 is 9.47 Å². The molecule has 2 aromatic carbocycles.